The lowest BCUT2D eigenvalue weighted by Gasteiger charge is -2.23. The van der Waals surface area contributed by atoms with Gasteiger partial charge in [0.05, 0.1) is 10.6 Å². The summed E-state index contributed by atoms with van der Waals surface area (Å²) in [4.78, 5) is 0.0950. The van der Waals surface area contributed by atoms with Crippen LogP contribution in [-0.4, -0.2) is 25.8 Å². The van der Waals surface area contributed by atoms with E-state index in [1.807, 2.05) is 0 Å². The number of rotatable bonds is 3. The van der Waals surface area contributed by atoms with Crippen molar-refractivity contribution in [2.75, 3.05) is 12.8 Å². The molecule has 2 N–H and O–H groups in total. The fourth-order valence-corrected chi connectivity index (χ4v) is 3.55. The van der Waals surface area contributed by atoms with E-state index < -0.39 is 15.8 Å². The highest BCUT2D eigenvalue weighted by molar-refractivity contribution is 7.89. The molecule has 0 saturated heterocycles. The number of nitrogen functional groups attached to an aromatic ring is 1. The molecule has 102 valence electrons. The fraction of sp³-hybridized carbons (Fsp3) is 0.500. The van der Waals surface area contributed by atoms with Crippen molar-refractivity contribution < 1.29 is 12.8 Å². The van der Waals surface area contributed by atoms with Gasteiger partial charge < -0.3 is 5.73 Å². The highest BCUT2D eigenvalue weighted by atomic mass is 32.2. The summed E-state index contributed by atoms with van der Waals surface area (Å²) in [5.41, 5.74) is 6.08. The molecular weight excluding hydrogens is 255 g/mol. The van der Waals surface area contributed by atoms with Gasteiger partial charge in [-0.05, 0) is 44.9 Å². The maximum Gasteiger partial charge on any atom is 0.243 e. The maximum atomic E-state index is 13.4. The van der Waals surface area contributed by atoms with Crippen LogP contribution in [0, 0.1) is 19.7 Å². The Bertz CT molecular complexity index is 568. The third-order valence-corrected chi connectivity index (χ3v) is 5.39. The molecule has 1 aromatic carbocycles. The van der Waals surface area contributed by atoms with E-state index in [-0.39, 0.29) is 22.2 Å². The van der Waals surface area contributed by atoms with Crippen molar-refractivity contribution >= 4 is 15.7 Å². The molecule has 0 saturated carbocycles. The summed E-state index contributed by atoms with van der Waals surface area (Å²) in [6, 6.07) is 0.976. The molecule has 0 aliphatic rings. The van der Waals surface area contributed by atoms with E-state index in [9.17, 15) is 12.8 Å². The molecule has 0 amide bonds. The van der Waals surface area contributed by atoms with Gasteiger partial charge in [-0.1, -0.05) is 0 Å². The van der Waals surface area contributed by atoms with Crippen molar-refractivity contribution in [3.05, 3.63) is 23.0 Å². The minimum absolute atomic E-state index is 0.0950. The lowest BCUT2D eigenvalue weighted by Crippen LogP contribution is -2.34. The van der Waals surface area contributed by atoms with Gasteiger partial charge in [0.15, 0.2) is 0 Å². The molecule has 18 heavy (non-hydrogen) atoms. The number of aryl methyl sites for hydroxylation is 1. The number of nitrogens with two attached hydrogens (primary N) is 1. The van der Waals surface area contributed by atoms with E-state index >= 15 is 0 Å². The molecule has 1 rings (SSSR count). The first kappa shape index (κ1) is 14.9. The first-order valence-electron chi connectivity index (χ1n) is 5.64. The van der Waals surface area contributed by atoms with Crippen LogP contribution in [0.4, 0.5) is 10.1 Å². The fourth-order valence-electron chi connectivity index (χ4n) is 1.75. The molecule has 0 aromatic heterocycles. The summed E-state index contributed by atoms with van der Waals surface area (Å²) in [6.07, 6.45) is 0. The summed E-state index contributed by atoms with van der Waals surface area (Å²) in [6.45, 7) is 6.63. The van der Waals surface area contributed by atoms with Crippen LogP contribution in [0.5, 0.6) is 0 Å². The highest BCUT2D eigenvalue weighted by Crippen LogP contribution is 2.29. The Labute approximate surface area is 108 Å². The van der Waals surface area contributed by atoms with Crippen molar-refractivity contribution in [3.8, 4) is 0 Å². The summed E-state index contributed by atoms with van der Waals surface area (Å²) in [5, 5.41) is 0. The molecule has 4 nitrogen and oxygen atoms in total. The van der Waals surface area contributed by atoms with Crippen molar-refractivity contribution in [1.82, 2.24) is 4.31 Å². The maximum absolute atomic E-state index is 13.4. The van der Waals surface area contributed by atoms with Gasteiger partial charge in [0.25, 0.3) is 0 Å². The highest BCUT2D eigenvalue weighted by Gasteiger charge is 2.28. The van der Waals surface area contributed by atoms with Crippen molar-refractivity contribution in [3.63, 3.8) is 0 Å². The normalized spacial score (nSPS) is 12.4. The van der Waals surface area contributed by atoms with Crippen LogP contribution in [0.25, 0.3) is 0 Å². The number of hydrogen-bond donors (Lipinski definition) is 1. The second-order valence-electron chi connectivity index (χ2n) is 4.66. The van der Waals surface area contributed by atoms with E-state index in [1.165, 1.54) is 18.3 Å². The summed E-state index contributed by atoms with van der Waals surface area (Å²) >= 11 is 0. The Morgan fingerprint density at radius 2 is 1.83 bits per heavy atom. The van der Waals surface area contributed by atoms with Gasteiger partial charge in [0.2, 0.25) is 10.0 Å². The van der Waals surface area contributed by atoms with Gasteiger partial charge in [-0.2, -0.15) is 4.31 Å². The topological polar surface area (TPSA) is 63.4 Å². The molecule has 0 spiro atoms. The molecule has 0 aliphatic heterocycles. The Balaban J connectivity index is 3.57. The molecule has 0 unspecified atom stereocenters. The van der Waals surface area contributed by atoms with Crippen molar-refractivity contribution in [2.24, 2.45) is 0 Å². The third kappa shape index (κ3) is 2.35. The second-order valence-corrected chi connectivity index (χ2v) is 6.59. The Hall–Kier alpha value is -1.14. The van der Waals surface area contributed by atoms with Gasteiger partial charge in [-0.3, -0.25) is 0 Å². The molecular formula is C12H19FN2O2S. The Morgan fingerprint density at radius 3 is 2.28 bits per heavy atom. The minimum Gasteiger partial charge on any atom is -0.396 e. The van der Waals surface area contributed by atoms with Gasteiger partial charge in [-0.15, -0.1) is 0 Å². The van der Waals surface area contributed by atoms with Crippen LogP contribution >= 0.6 is 0 Å². The first-order chi connectivity index (χ1) is 8.10. The molecule has 1 aromatic rings. The predicted octanol–water partition coefficient (Wildman–Crippen LogP) is 2.05. The van der Waals surface area contributed by atoms with Crippen LogP contribution < -0.4 is 5.73 Å². The molecule has 0 bridgehead atoms. The predicted molar refractivity (Wildman–Crippen MR) is 70.4 cm³/mol. The quantitative estimate of drug-likeness (QED) is 0.858. The van der Waals surface area contributed by atoms with Crippen LogP contribution in [0.2, 0.25) is 0 Å². The zero-order valence-corrected chi connectivity index (χ0v) is 12.1. The van der Waals surface area contributed by atoms with Crippen LogP contribution in [-0.2, 0) is 10.0 Å². The summed E-state index contributed by atoms with van der Waals surface area (Å²) in [7, 11) is -2.15. The molecule has 0 radical (unpaired) electrons. The van der Waals surface area contributed by atoms with Crippen LogP contribution in [0.3, 0.4) is 0 Å². The number of hydrogen-bond acceptors (Lipinski definition) is 3. The molecule has 6 heteroatoms. The number of nitrogens with zero attached hydrogens (tertiary/aromatic N) is 1. The van der Waals surface area contributed by atoms with Gasteiger partial charge in [0.1, 0.15) is 5.82 Å². The van der Waals surface area contributed by atoms with E-state index in [2.05, 4.69) is 0 Å². The molecule has 0 atom stereocenters. The average Bonchev–Trinajstić information content (AvgIpc) is 2.24. The number of anilines is 1. The summed E-state index contributed by atoms with van der Waals surface area (Å²) < 4.78 is 39.5. The average molecular weight is 274 g/mol. The van der Waals surface area contributed by atoms with Gasteiger partial charge >= 0.3 is 0 Å². The standard InChI is InChI=1S/C12H19FN2O2S/c1-7(2)15(5)18(16,17)12-8(3)6-10(13)11(14)9(12)4/h6-7H,14H2,1-5H3. The van der Waals surface area contributed by atoms with Crippen molar-refractivity contribution in [1.29, 1.82) is 0 Å². The SMILES string of the molecule is Cc1cc(F)c(N)c(C)c1S(=O)(=O)N(C)C(C)C. The Morgan fingerprint density at radius 1 is 1.33 bits per heavy atom. The lowest BCUT2D eigenvalue weighted by molar-refractivity contribution is 0.410. The smallest absolute Gasteiger partial charge is 0.243 e. The summed E-state index contributed by atoms with van der Waals surface area (Å²) in [5.74, 6) is -0.587. The zero-order valence-electron chi connectivity index (χ0n) is 11.3. The lowest BCUT2D eigenvalue weighted by atomic mass is 10.1. The van der Waals surface area contributed by atoms with Gasteiger partial charge in [-0.25, -0.2) is 12.8 Å². The van der Waals surface area contributed by atoms with E-state index in [1.54, 1.807) is 20.8 Å². The van der Waals surface area contributed by atoms with Crippen LogP contribution in [0.15, 0.2) is 11.0 Å². The largest absolute Gasteiger partial charge is 0.396 e. The number of sulfonamides is 1. The third-order valence-electron chi connectivity index (χ3n) is 3.07. The zero-order chi connectivity index (χ0) is 14.2. The number of halogens is 1. The van der Waals surface area contributed by atoms with E-state index in [0.29, 0.717) is 5.56 Å². The van der Waals surface area contributed by atoms with E-state index in [0.717, 1.165) is 6.07 Å². The number of benzene rings is 1. The van der Waals surface area contributed by atoms with Crippen molar-refractivity contribution in [2.45, 2.75) is 38.6 Å². The first-order valence-corrected chi connectivity index (χ1v) is 7.08. The Kier molecular flexibility index (Phi) is 4.02. The molecule has 0 aliphatic carbocycles. The molecule has 0 heterocycles. The van der Waals surface area contributed by atoms with Gasteiger partial charge in [0, 0.05) is 13.1 Å². The monoisotopic (exact) mass is 274 g/mol. The van der Waals surface area contributed by atoms with Crippen LogP contribution in [0.1, 0.15) is 25.0 Å². The minimum atomic E-state index is -3.65. The molecule has 0 fully saturated rings. The van der Waals surface area contributed by atoms with E-state index in [4.69, 9.17) is 5.73 Å². The second kappa shape index (κ2) is 4.85.